The number of esters is 1. The summed E-state index contributed by atoms with van der Waals surface area (Å²) >= 11 is 0. The summed E-state index contributed by atoms with van der Waals surface area (Å²) in [5.41, 5.74) is 1.32. The van der Waals surface area contributed by atoms with E-state index in [-0.39, 0.29) is 41.4 Å². The third-order valence-corrected chi connectivity index (χ3v) is 7.08. The van der Waals surface area contributed by atoms with Crippen LogP contribution in [0.5, 0.6) is 0 Å². The van der Waals surface area contributed by atoms with Gasteiger partial charge in [-0.3, -0.25) is 0 Å². The van der Waals surface area contributed by atoms with E-state index in [4.69, 9.17) is 18.9 Å². The Balaban J connectivity index is 1.71. The molecule has 0 radical (unpaired) electrons. The van der Waals surface area contributed by atoms with Crippen molar-refractivity contribution in [2.24, 2.45) is 11.8 Å². The molecule has 2 aliphatic heterocycles. The highest BCUT2D eigenvalue weighted by molar-refractivity contribution is 5.87. The van der Waals surface area contributed by atoms with Crippen molar-refractivity contribution in [3.63, 3.8) is 0 Å². The molecule has 1 spiro atoms. The molecule has 29 heavy (non-hydrogen) atoms. The molecular formula is C24H38O5. The molecule has 5 nitrogen and oxygen atoms in total. The number of allylic oxidation sites excluding steroid dienone is 1. The van der Waals surface area contributed by atoms with Crippen molar-refractivity contribution >= 4 is 5.97 Å². The summed E-state index contributed by atoms with van der Waals surface area (Å²) in [6.07, 6.45) is 6.00. The molecule has 0 N–H and O–H groups in total. The third kappa shape index (κ3) is 4.62. The molecule has 2 unspecified atom stereocenters. The minimum atomic E-state index is -0.318. The first-order chi connectivity index (χ1) is 13.7. The van der Waals surface area contributed by atoms with E-state index >= 15 is 0 Å². The summed E-state index contributed by atoms with van der Waals surface area (Å²) < 4.78 is 24.0. The van der Waals surface area contributed by atoms with Crippen LogP contribution < -0.4 is 0 Å². The molecule has 164 valence electrons. The summed E-state index contributed by atoms with van der Waals surface area (Å²) in [4.78, 5) is 12.7. The Morgan fingerprint density at radius 1 is 1.38 bits per heavy atom. The van der Waals surface area contributed by atoms with Gasteiger partial charge in [-0.15, -0.1) is 0 Å². The fourth-order valence-electron chi connectivity index (χ4n) is 4.94. The van der Waals surface area contributed by atoms with Gasteiger partial charge in [0, 0.05) is 12.7 Å². The van der Waals surface area contributed by atoms with Gasteiger partial charge in [-0.1, -0.05) is 38.5 Å². The summed E-state index contributed by atoms with van der Waals surface area (Å²) in [7, 11) is 1.70. The Morgan fingerprint density at radius 3 is 2.62 bits per heavy atom. The number of methoxy groups -OCH3 is 1. The van der Waals surface area contributed by atoms with Crippen molar-refractivity contribution in [2.75, 3.05) is 13.7 Å². The van der Waals surface area contributed by atoms with Crippen molar-refractivity contribution in [1.82, 2.24) is 0 Å². The molecule has 3 fully saturated rings. The highest BCUT2D eigenvalue weighted by Crippen LogP contribution is 2.59. The highest BCUT2D eigenvalue weighted by Gasteiger charge is 2.72. The van der Waals surface area contributed by atoms with Gasteiger partial charge in [-0.25, -0.2) is 4.79 Å². The van der Waals surface area contributed by atoms with E-state index in [0.29, 0.717) is 17.9 Å². The molecule has 0 aromatic carbocycles. The zero-order valence-corrected chi connectivity index (χ0v) is 19.0. The van der Waals surface area contributed by atoms with E-state index in [9.17, 15) is 4.79 Å². The molecule has 7 atom stereocenters. The van der Waals surface area contributed by atoms with E-state index in [0.717, 1.165) is 32.3 Å². The minimum absolute atomic E-state index is 0.0462. The molecule has 2 saturated heterocycles. The van der Waals surface area contributed by atoms with E-state index in [1.54, 1.807) is 7.11 Å². The molecule has 5 heteroatoms. The van der Waals surface area contributed by atoms with Gasteiger partial charge in [0.25, 0.3) is 0 Å². The normalized spacial score (nSPS) is 39.0. The molecule has 1 saturated carbocycles. The Bertz CT molecular complexity index is 660. The van der Waals surface area contributed by atoms with Crippen molar-refractivity contribution in [1.29, 1.82) is 0 Å². The number of epoxide rings is 2. The fraction of sp³-hybridized carbons (Fsp3) is 0.792. The number of carbonyl (C=O) groups excluding carboxylic acids is 1. The van der Waals surface area contributed by atoms with Gasteiger partial charge in [0.15, 0.2) is 0 Å². The Hall–Kier alpha value is -1.17. The van der Waals surface area contributed by atoms with Gasteiger partial charge in [-0.05, 0) is 52.4 Å². The van der Waals surface area contributed by atoms with Crippen LogP contribution in [0.3, 0.4) is 0 Å². The lowest BCUT2D eigenvalue weighted by Crippen LogP contribution is -2.55. The molecule has 0 amide bonds. The molecule has 2 heterocycles. The summed E-state index contributed by atoms with van der Waals surface area (Å²) in [5.74, 6) is 0.168. The number of hydrogen-bond donors (Lipinski definition) is 0. The predicted molar refractivity (Wildman–Crippen MR) is 113 cm³/mol. The first-order valence-electron chi connectivity index (χ1n) is 11.0. The summed E-state index contributed by atoms with van der Waals surface area (Å²) in [6, 6.07) is 0. The maximum absolute atomic E-state index is 12.7. The SMILES string of the molecule is C=C(CC(C)CC)C(=O)O[C@@H]1CC[C@]2(CO2)[C@@H]([C@@]2(C)OC2CC=C(C)C)[C@@H]1OC. The van der Waals surface area contributed by atoms with Crippen molar-refractivity contribution < 1.29 is 23.7 Å². The molecular weight excluding hydrogens is 368 g/mol. The molecule has 1 aliphatic carbocycles. The Kier molecular flexibility index (Phi) is 6.62. The lowest BCUT2D eigenvalue weighted by atomic mass is 9.68. The van der Waals surface area contributed by atoms with Crippen LogP contribution in [0, 0.1) is 11.8 Å². The van der Waals surface area contributed by atoms with Crippen molar-refractivity contribution in [2.45, 2.75) is 96.2 Å². The number of hydrogen-bond acceptors (Lipinski definition) is 5. The van der Waals surface area contributed by atoms with E-state index in [1.165, 1.54) is 5.57 Å². The number of rotatable bonds is 9. The first-order valence-corrected chi connectivity index (χ1v) is 11.0. The minimum Gasteiger partial charge on any atom is -0.456 e. The third-order valence-electron chi connectivity index (χ3n) is 7.08. The quantitative estimate of drug-likeness (QED) is 0.242. The smallest absolute Gasteiger partial charge is 0.333 e. The maximum Gasteiger partial charge on any atom is 0.333 e. The van der Waals surface area contributed by atoms with Gasteiger partial charge in [-0.2, -0.15) is 0 Å². The molecule has 0 aromatic rings. The van der Waals surface area contributed by atoms with Gasteiger partial charge >= 0.3 is 5.97 Å². The van der Waals surface area contributed by atoms with Crippen LogP contribution in [-0.4, -0.2) is 49.2 Å². The first kappa shape index (κ1) is 22.5. The zero-order chi connectivity index (χ0) is 21.4. The molecule has 3 rings (SSSR count). The largest absolute Gasteiger partial charge is 0.456 e. The van der Waals surface area contributed by atoms with Gasteiger partial charge in [0.05, 0.1) is 18.6 Å². The van der Waals surface area contributed by atoms with Crippen molar-refractivity contribution in [3.8, 4) is 0 Å². The van der Waals surface area contributed by atoms with Gasteiger partial charge in [0.1, 0.15) is 23.4 Å². The van der Waals surface area contributed by atoms with Crippen LogP contribution in [0.2, 0.25) is 0 Å². The number of carbonyl (C=O) groups is 1. The zero-order valence-electron chi connectivity index (χ0n) is 19.0. The van der Waals surface area contributed by atoms with E-state index < -0.39 is 0 Å². The van der Waals surface area contributed by atoms with Crippen LogP contribution in [-0.2, 0) is 23.7 Å². The second-order valence-corrected chi connectivity index (χ2v) is 9.64. The second kappa shape index (κ2) is 8.52. The Labute approximate surface area is 175 Å². The van der Waals surface area contributed by atoms with Crippen LogP contribution in [0.1, 0.15) is 66.7 Å². The monoisotopic (exact) mass is 406 g/mol. The lowest BCUT2D eigenvalue weighted by molar-refractivity contribution is -0.168. The second-order valence-electron chi connectivity index (χ2n) is 9.64. The Morgan fingerprint density at radius 2 is 2.07 bits per heavy atom. The van der Waals surface area contributed by atoms with Gasteiger partial charge < -0.3 is 18.9 Å². The average molecular weight is 407 g/mol. The summed E-state index contributed by atoms with van der Waals surface area (Å²) in [5, 5.41) is 0. The fourth-order valence-corrected chi connectivity index (χ4v) is 4.94. The maximum atomic E-state index is 12.7. The van der Waals surface area contributed by atoms with Crippen LogP contribution in [0.25, 0.3) is 0 Å². The lowest BCUT2D eigenvalue weighted by Gasteiger charge is -2.42. The van der Waals surface area contributed by atoms with E-state index in [2.05, 4.69) is 47.3 Å². The highest BCUT2D eigenvalue weighted by atomic mass is 16.6. The molecule has 0 bridgehead atoms. The van der Waals surface area contributed by atoms with Crippen LogP contribution in [0.15, 0.2) is 23.8 Å². The molecule has 3 aliphatic rings. The summed E-state index contributed by atoms with van der Waals surface area (Å²) in [6.45, 7) is 15.3. The van der Waals surface area contributed by atoms with Crippen LogP contribution >= 0.6 is 0 Å². The van der Waals surface area contributed by atoms with Crippen LogP contribution in [0.4, 0.5) is 0 Å². The number of ether oxygens (including phenoxy) is 4. The van der Waals surface area contributed by atoms with Gasteiger partial charge in [0.2, 0.25) is 0 Å². The average Bonchev–Trinajstić information content (AvgIpc) is 3.58. The topological polar surface area (TPSA) is 60.6 Å². The van der Waals surface area contributed by atoms with Crippen molar-refractivity contribution in [3.05, 3.63) is 23.8 Å². The molecule has 0 aromatic heterocycles. The standard InChI is InChI=1S/C24H38O5/c1-8-16(4)13-17(5)22(25)28-18-11-12-24(14-27-24)21(20(18)26-7)23(6)19(29-23)10-9-15(2)3/h9,16,18-21H,5,8,10-14H2,1-4,6-7H3/t16?,18-,19?,20-,21-,23+,24+/m1/s1. The predicted octanol–water partition coefficient (Wildman–Crippen LogP) is 4.60. The van der Waals surface area contributed by atoms with E-state index in [1.807, 2.05) is 0 Å².